The quantitative estimate of drug-likeness (QED) is 0.358. The fourth-order valence-corrected chi connectivity index (χ4v) is 6.04. The van der Waals surface area contributed by atoms with Crippen LogP contribution in [0.1, 0.15) is 24.8 Å². The molecule has 2 aromatic carbocycles. The molecular weight excluding hydrogens is 460 g/mol. The Morgan fingerprint density at radius 2 is 2.03 bits per heavy atom. The molecule has 2 atom stereocenters. The zero-order chi connectivity index (χ0) is 24.6. The van der Waals surface area contributed by atoms with Crippen LogP contribution in [0.3, 0.4) is 0 Å². The zero-order valence-corrected chi connectivity index (χ0v) is 21.3. The van der Waals surface area contributed by atoms with Crippen molar-refractivity contribution in [2.24, 2.45) is 11.8 Å². The third kappa shape index (κ3) is 6.47. The highest BCUT2D eigenvalue weighted by molar-refractivity contribution is 7.99. The standard InChI is InChI=1S/C28H34N2O4S/c1-33-22-10-11-25-23(18-22)20(12-14-29-25)6-5-7-21-13-15-30(19-24(21)28(31)32)16-17-35-27-9-4-3-8-26(27)34-2/h3-4,8-12,14,18,21,24H,5-7,13,15-17,19H2,1-2H3,(H,31,32)/t21-,24+/m1/s1. The number of benzene rings is 2. The SMILES string of the molecule is COc1ccc2nccc(CCC[C@@H]3CCN(CCSc4ccccc4OC)C[C@@H]3C(=O)O)c2c1. The van der Waals surface area contributed by atoms with E-state index in [-0.39, 0.29) is 11.8 Å². The van der Waals surface area contributed by atoms with Crippen molar-refractivity contribution in [3.63, 3.8) is 0 Å². The van der Waals surface area contributed by atoms with Gasteiger partial charge in [0.1, 0.15) is 11.5 Å². The van der Waals surface area contributed by atoms with Crippen LogP contribution >= 0.6 is 11.8 Å². The van der Waals surface area contributed by atoms with Crippen molar-refractivity contribution >= 4 is 28.6 Å². The first-order valence-electron chi connectivity index (χ1n) is 12.2. The average Bonchev–Trinajstić information content (AvgIpc) is 2.89. The number of rotatable bonds is 11. The molecule has 2 heterocycles. The number of hydrogen-bond donors (Lipinski definition) is 1. The van der Waals surface area contributed by atoms with E-state index in [2.05, 4.69) is 22.0 Å². The molecule has 1 N–H and O–H groups in total. The summed E-state index contributed by atoms with van der Waals surface area (Å²) in [7, 11) is 3.36. The molecule has 0 saturated carbocycles. The van der Waals surface area contributed by atoms with E-state index in [1.165, 1.54) is 5.56 Å². The minimum absolute atomic E-state index is 0.216. The second-order valence-electron chi connectivity index (χ2n) is 9.04. The largest absolute Gasteiger partial charge is 0.497 e. The molecule has 0 radical (unpaired) electrons. The molecule has 6 nitrogen and oxygen atoms in total. The number of aryl methyl sites for hydroxylation is 1. The molecule has 1 fully saturated rings. The van der Waals surface area contributed by atoms with Gasteiger partial charge in [-0.25, -0.2) is 0 Å². The van der Waals surface area contributed by atoms with Gasteiger partial charge in [0, 0.05) is 35.3 Å². The number of fused-ring (bicyclic) bond motifs is 1. The van der Waals surface area contributed by atoms with Crippen LogP contribution in [-0.4, -0.2) is 60.6 Å². The van der Waals surface area contributed by atoms with Crippen molar-refractivity contribution in [3.8, 4) is 11.5 Å². The van der Waals surface area contributed by atoms with E-state index < -0.39 is 5.97 Å². The summed E-state index contributed by atoms with van der Waals surface area (Å²) >= 11 is 1.76. The molecule has 0 amide bonds. The summed E-state index contributed by atoms with van der Waals surface area (Å²) in [6.45, 7) is 2.46. The Kier molecular flexibility index (Phi) is 8.88. The van der Waals surface area contributed by atoms with Gasteiger partial charge in [-0.05, 0) is 80.1 Å². The number of methoxy groups -OCH3 is 2. The van der Waals surface area contributed by atoms with Gasteiger partial charge in [-0.2, -0.15) is 0 Å². The van der Waals surface area contributed by atoms with Gasteiger partial charge in [-0.3, -0.25) is 9.78 Å². The number of carboxylic acid groups (broad SMARTS) is 1. The Morgan fingerprint density at radius 1 is 1.17 bits per heavy atom. The number of nitrogens with zero attached hydrogens (tertiary/aromatic N) is 2. The lowest BCUT2D eigenvalue weighted by atomic mass is 9.81. The predicted molar refractivity (Wildman–Crippen MR) is 141 cm³/mol. The molecule has 35 heavy (non-hydrogen) atoms. The average molecular weight is 495 g/mol. The lowest BCUT2D eigenvalue weighted by Crippen LogP contribution is -2.44. The summed E-state index contributed by atoms with van der Waals surface area (Å²) < 4.78 is 10.8. The summed E-state index contributed by atoms with van der Waals surface area (Å²) in [5, 5.41) is 11.1. The van der Waals surface area contributed by atoms with Gasteiger partial charge in [-0.15, -0.1) is 11.8 Å². The summed E-state index contributed by atoms with van der Waals surface area (Å²) in [5.41, 5.74) is 2.21. The van der Waals surface area contributed by atoms with Crippen molar-refractivity contribution in [2.45, 2.75) is 30.6 Å². The maximum Gasteiger partial charge on any atom is 0.308 e. The monoisotopic (exact) mass is 494 g/mol. The van der Waals surface area contributed by atoms with E-state index in [4.69, 9.17) is 9.47 Å². The lowest BCUT2D eigenvalue weighted by Gasteiger charge is -2.36. The van der Waals surface area contributed by atoms with Crippen LogP contribution in [0.15, 0.2) is 59.6 Å². The predicted octanol–water partition coefficient (Wildman–Crippen LogP) is 5.39. The fourth-order valence-electron chi connectivity index (χ4n) is 5.00. The molecule has 0 spiro atoms. The minimum atomic E-state index is -0.670. The Bertz CT molecular complexity index is 1140. The number of hydrogen-bond acceptors (Lipinski definition) is 6. The normalized spacial score (nSPS) is 18.5. The van der Waals surface area contributed by atoms with Gasteiger partial charge in [0.2, 0.25) is 0 Å². The summed E-state index contributed by atoms with van der Waals surface area (Å²) in [4.78, 5) is 20.0. The van der Waals surface area contributed by atoms with Gasteiger partial charge >= 0.3 is 5.97 Å². The van der Waals surface area contributed by atoms with Crippen LogP contribution in [0, 0.1) is 11.8 Å². The Balaban J connectivity index is 1.29. The maximum absolute atomic E-state index is 12.1. The number of aromatic nitrogens is 1. The molecule has 1 aliphatic heterocycles. The van der Waals surface area contributed by atoms with Crippen LogP contribution in [0.25, 0.3) is 10.9 Å². The number of pyridine rings is 1. The summed E-state index contributed by atoms with van der Waals surface area (Å²) in [6, 6.07) is 16.1. The Morgan fingerprint density at radius 3 is 2.83 bits per heavy atom. The highest BCUT2D eigenvalue weighted by Gasteiger charge is 2.33. The van der Waals surface area contributed by atoms with Crippen molar-refractivity contribution in [1.29, 1.82) is 0 Å². The third-order valence-corrected chi connectivity index (χ3v) is 7.99. The van der Waals surface area contributed by atoms with Crippen LogP contribution in [0.5, 0.6) is 11.5 Å². The van der Waals surface area contributed by atoms with Crippen LogP contribution in [0.2, 0.25) is 0 Å². The first kappa shape index (κ1) is 25.3. The minimum Gasteiger partial charge on any atom is -0.497 e. The number of thioether (sulfide) groups is 1. The molecule has 0 unspecified atom stereocenters. The molecule has 1 aliphatic rings. The number of aliphatic carboxylic acids is 1. The Hall–Kier alpha value is -2.77. The Labute approximate surface area is 211 Å². The second-order valence-corrected chi connectivity index (χ2v) is 10.2. The van der Waals surface area contributed by atoms with Crippen LogP contribution in [0.4, 0.5) is 0 Å². The van der Waals surface area contributed by atoms with E-state index in [1.807, 2.05) is 42.6 Å². The lowest BCUT2D eigenvalue weighted by molar-refractivity contribution is -0.146. The van der Waals surface area contributed by atoms with E-state index in [0.717, 1.165) is 71.8 Å². The maximum atomic E-state index is 12.1. The molecule has 1 aromatic heterocycles. The van der Waals surface area contributed by atoms with E-state index in [0.29, 0.717) is 6.54 Å². The van der Waals surface area contributed by atoms with Gasteiger partial charge < -0.3 is 19.5 Å². The number of carbonyl (C=O) groups is 1. The molecule has 1 saturated heterocycles. The molecule has 7 heteroatoms. The highest BCUT2D eigenvalue weighted by Crippen LogP contribution is 2.32. The smallest absolute Gasteiger partial charge is 0.308 e. The van der Waals surface area contributed by atoms with E-state index in [1.54, 1.807) is 26.0 Å². The van der Waals surface area contributed by atoms with Crippen molar-refractivity contribution < 1.29 is 19.4 Å². The number of likely N-dealkylation sites (tertiary alicyclic amines) is 1. The van der Waals surface area contributed by atoms with Crippen LogP contribution < -0.4 is 9.47 Å². The molecule has 4 rings (SSSR count). The third-order valence-electron chi connectivity index (χ3n) is 6.95. The van der Waals surface area contributed by atoms with Crippen molar-refractivity contribution in [3.05, 3.63) is 60.3 Å². The molecule has 0 bridgehead atoms. The molecular formula is C28H34N2O4S. The molecule has 0 aliphatic carbocycles. The molecule has 3 aromatic rings. The molecule has 186 valence electrons. The van der Waals surface area contributed by atoms with Crippen molar-refractivity contribution in [2.75, 3.05) is 39.6 Å². The van der Waals surface area contributed by atoms with Gasteiger partial charge in [0.25, 0.3) is 0 Å². The summed E-state index contributed by atoms with van der Waals surface area (Å²) in [6.07, 6.45) is 5.59. The zero-order valence-electron chi connectivity index (χ0n) is 20.5. The number of carboxylic acids is 1. The number of para-hydroxylation sites is 1. The van der Waals surface area contributed by atoms with Gasteiger partial charge in [-0.1, -0.05) is 12.1 Å². The first-order valence-corrected chi connectivity index (χ1v) is 13.2. The van der Waals surface area contributed by atoms with E-state index in [9.17, 15) is 9.90 Å². The van der Waals surface area contributed by atoms with Gasteiger partial charge in [0.05, 0.1) is 25.7 Å². The second kappa shape index (κ2) is 12.3. The number of piperidine rings is 1. The van der Waals surface area contributed by atoms with Crippen molar-refractivity contribution in [1.82, 2.24) is 9.88 Å². The van der Waals surface area contributed by atoms with Crippen LogP contribution in [-0.2, 0) is 11.2 Å². The first-order chi connectivity index (χ1) is 17.1. The topological polar surface area (TPSA) is 71.9 Å². The van der Waals surface area contributed by atoms with E-state index >= 15 is 0 Å². The summed E-state index contributed by atoms with van der Waals surface area (Å²) in [5.74, 6) is 1.86. The number of ether oxygens (including phenoxy) is 2. The fraction of sp³-hybridized carbons (Fsp3) is 0.429. The highest BCUT2D eigenvalue weighted by atomic mass is 32.2. The van der Waals surface area contributed by atoms with Gasteiger partial charge in [0.15, 0.2) is 0 Å².